The van der Waals surface area contributed by atoms with Crippen LogP contribution in [0.15, 0.2) is 52.3 Å². The maximum absolute atomic E-state index is 13.9. The Morgan fingerprint density at radius 3 is 2.48 bits per heavy atom. The van der Waals surface area contributed by atoms with Crippen LogP contribution >= 0.6 is 23.1 Å². The highest BCUT2D eigenvalue weighted by Crippen LogP contribution is 2.53. The predicted octanol–water partition coefficient (Wildman–Crippen LogP) is 3.54. The molecule has 3 unspecified atom stereocenters. The van der Waals surface area contributed by atoms with Crippen LogP contribution in [0.1, 0.15) is 35.6 Å². The molecular formula is C28H26N4O8S2. The van der Waals surface area contributed by atoms with Gasteiger partial charge in [-0.2, -0.15) is 0 Å². The van der Waals surface area contributed by atoms with Gasteiger partial charge in [0.05, 0.1) is 28.7 Å². The molecule has 0 saturated carbocycles. The summed E-state index contributed by atoms with van der Waals surface area (Å²) in [5, 5.41) is 10.8. The lowest BCUT2D eigenvalue weighted by Gasteiger charge is -2.30. The molecule has 2 fully saturated rings. The van der Waals surface area contributed by atoms with Crippen molar-refractivity contribution in [3.63, 3.8) is 0 Å². The number of hydrogen-bond acceptors (Lipinski definition) is 10. The van der Waals surface area contributed by atoms with Crippen LogP contribution in [0.5, 0.6) is 11.5 Å². The molecule has 14 heteroatoms. The smallest absolute Gasteiger partial charge is 0.305 e. The number of imide groups is 1. The van der Waals surface area contributed by atoms with Gasteiger partial charge in [-0.15, -0.1) is 0 Å². The molecule has 2 saturated heterocycles. The van der Waals surface area contributed by atoms with E-state index in [1.54, 1.807) is 23.1 Å². The monoisotopic (exact) mass is 610 g/mol. The second-order valence-corrected chi connectivity index (χ2v) is 12.3. The molecule has 3 aromatic rings. The lowest BCUT2D eigenvalue weighted by molar-refractivity contribution is -0.384. The van der Waals surface area contributed by atoms with Crippen LogP contribution in [0.3, 0.4) is 0 Å². The van der Waals surface area contributed by atoms with Gasteiger partial charge in [0.15, 0.2) is 18.1 Å². The van der Waals surface area contributed by atoms with Crippen molar-refractivity contribution in [1.82, 2.24) is 9.88 Å². The molecule has 0 aliphatic carbocycles. The number of nitro groups is 1. The van der Waals surface area contributed by atoms with Crippen molar-refractivity contribution >= 4 is 52.2 Å². The van der Waals surface area contributed by atoms with Gasteiger partial charge in [-0.1, -0.05) is 29.2 Å². The van der Waals surface area contributed by atoms with Crippen molar-refractivity contribution in [2.45, 2.75) is 35.5 Å². The first-order valence-electron chi connectivity index (χ1n) is 13.4. The molecular weight excluding hydrogens is 584 g/mol. The van der Waals surface area contributed by atoms with Gasteiger partial charge in [-0.3, -0.25) is 29.3 Å². The fraction of sp³-hybridized carbons (Fsp3) is 0.357. The van der Waals surface area contributed by atoms with E-state index in [1.807, 2.05) is 0 Å². The molecule has 4 heterocycles. The number of likely N-dealkylation sites (tertiary alicyclic amines) is 1. The number of H-pyrrole nitrogens is 1. The van der Waals surface area contributed by atoms with E-state index in [4.69, 9.17) is 9.47 Å². The van der Waals surface area contributed by atoms with Gasteiger partial charge in [0.1, 0.15) is 5.25 Å². The summed E-state index contributed by atoms with van der Waals surface area (Å²) < 4.78 is 11.4. The lowest BCUT2D eigenvalue weighted by atomic mass is 9.83. The largest absolute Gasteiger partial charge is 0.493 e. The lowest BCUT2D eigenvalue weighted by Crippen LogP contribution is -2.38. The molecule has 0 bridgehead atoms. The van der Waals surface area contributed by atoms with Gasteiger partial charge in [0.25, 0.3) is 11.6 Å². The number of benzene rings is 2. The molecule has 3 aliphatic heterocycles. The Balaban J connectivity index is 1.32. The summed E-state index contributed by atoms with van der Waals surface area (Å²) in [6, 6.07) is 10.4. The standard InChI is InChI=1S/C28H26N4O8S2/c1-39-19-13-15(5-10-18(19)40-14-20(33)30-11-3-2-4-12-30)21-22-24(41-25-23(21)42-28(36)29-25)27(35)31(26(22)34)16-6-8-17(9-7-16)32(37)38/h5-10,13,21-22,24H,2-4,11-12,14H2,1H3,(H,29,36). The number of thioether (sulfide) groups is 1. The van der Waals surface area contributed by atoms with Crippen LogP contribution in [0, 0.1) is 16.0 Å². The zero-order chi connectivity index (χ0) is 29.5. The third kappa shape index (κ3) is 4.94. The second-order valence-electron chi connectivity index (χ2n) is 10.2. The fourth-order valence-corrected chi connectivity index (χ4v) is 8.24. The van der Waals surface area contributed by atoms with Gasteiger partial charge < -0.3 is 19.4 Å². The van der Waals surface area contributed by atoms with Crippen LogP contribution in [0.2, 0.25) is 0 Å². The topological polar surface area (TPSA) is 152 Å². The average molecular weight is 611 g/mol. The zero-order valence-corrected chi connectivity index (χ0v) is 24.1. The van der Waals surface area contributed by atoms with E-state index in [-0.39, 0.29) is 28.8 Å². The summed E-state index contributed by atoms with van der Waals surface area (Å²) in [6.45, 7) is 1.29. The van der Waals surface area contributed by atoms with E-state index >= 15 is 0 Å². The van der Waals surface area contributed by atoms with Gasteiger partial charge in [-0.25, -0.2) is 4.90 Å². The highest BCUT2D eigenvalue weighted by molar-refractivity contribution is 8.00. The van der Waals surface area contributed by atoms with Crippen molar-refractivity contribution < 1.29 is 28.8 Å². The Hall–Kier alpha value is -4.17. The van der Waals surface area contributed by atoms with E-state index in [0.717, 1.165) is 47.3 Å². The quantitative estimate of drug-likeness (QED) is 0.241. The number of amides is 3. The first-order valence-corrected chi connectivity index (χ1v) is 15.1. The number of nitrogens with one attached hydrogen (secondary N) is 1. The molecule has 2 aromatic carbocycles. The maximum Gasteiger partial charge on any atom is 0.305 e. The van der Waals surface area contributed by atoms with Gasteiger partial charge in [-0.05, 0) is 49.1 Å². The number of non-ortho nitro benzene ring substituents is 1. The van der Waals surface area contributed by atoms with Gasteiger partial charge >= 0.3 is 4.87 Å². The van der Waals surface area contributed by atoms with Crippen molar-refractivity contribution in [2.75, 3.05) is 31.7 Å². The third-order valence-corrected chi connectivity index (χ3v) is 10.2. The molecule has 0 radical (unpaired) electrons. The Kier molecular flexibility index (Phi) is 7.49. The van der Waals surface area contributed by atoms with Crippen LogP contribution < -0.4 is 19.2 Å². The van der Waals surface area contributed by atoms with E-state index in [1.165, 1.54) is 31.4 Å². The van der Waals surface area contributed by atoms with E-state index in [2.05, 4.69) is 4.98 Å². The molecule has 3 atom stereocenters. The number of rotatable bonds is 7. The minimum atomic E-state index is -0.839. The van der Waals surface area contributed by atoms with Crippen molar-refractivity contribution in [2.24, 2.45) is 5.92 Å². The number of methoxy groups -OCH3 is 1. The number of nitrogens with zero attached hydrogens (tertiary/aromatic N) is 3. The van der Waals surface area contributed by atoms with Crippen LogP contribution in [0.25, 0.3) is 0 Å². The SMILES string of the molecule is COc1cc(C2c3sc(=O)[nH]c3SC3C(=O)N(c4ccc([N+](=O)[O-])cc4)C(=O)C32)ccc1OCC(=O)N1CCCCC1. The molecule has 12 nitrogen and oxygen atoms in total. The highest BCUT2D eigenvalue weighted by Gasteiger charge is 2.56. The Bertz CT molecular complexity index is 1630. The molecule has 6 rings (SSSR count). The number of thiazole rings is 1. The number of fused-ring (bicyclic) bond motifs is 2. The fourth-order valence-electron chi connectivity index (χ4n) is 5.73. The Morgan fingerprint density at radius 2 is 1.79 bits per heavy atom. The average Bonchev–Trinajstić information content (AvgIpc) is 3.50. The summed E-state index contributed by atoms with van der Waals surface area (Å²) in [5.41, 5.74) is 0.718. The molecule has 42 heavy (non-hydrogen) atoms. The second kappa shape index (κ2) is 11.2. The first kappa shape index (κ1) is 28.0. The number of carbonyl (C=O) groups excluding carboxylic acids is 3. The number of aromatic amines is 1. The predicted molar refractivity (Wildman–Crippen MR) is 154 cm³/mol. The van der Waals surface area contributed by atoms with Crippen LogP contribution in [-0.2, 0) is 14.4 Å². The third-order valence-electron chi connectivity index (χ3n) is 7.75. The normalized spacial score (nSPS) is 21.6. The summed E-state index contributed by atoms with van der Waals surface area (Å²) in [5.74, 6) is -1.80. The Morgan fingerprint density at radius 1 is 1.05 bits per heavy atom. The zero-order valence-electron chi connectivity index (χ0n) is 22.4. The number of nitro benzene ring substituents is 1. The molecule has 3 aliphatic rings. The minimum absolute atomic E-state index is 0.101. The molecule has 0 spiro atoms. The maximum atomic E-state index is 13.9. The van der Waals surface area contributed by atoms with Gasteiger partial charge in [0, 0.05) is 36.0 Å². The molecule has 1 N–H and O–H groups in total. The van der Waals surface area contributed by atoms with Crippen molar-refractivity contribution in [3.8, 4) is 11.5 Å². The van der Waals surface area contributed by atoms with E-state index in [9.17, 15) is 29.3 Å². The summed E-state index contributed by atoms with van der Waals surface area (Å²) in [4.78, 5) is 69.0. The number of piperidine rings is 1. The van der Waals surface area contributed by atoms with Crippen LogP contribution in [-0.4, -0.2) is 64.6 Å². The number of hydrogen-bond donors (Lipinski definition) is 1. The first-order chi connectivity index (χ1) is 20.3. The highest BCUT2D eigenvalue weighted by atomic mass is 32.2. The van der Waals surface area contributed by atoms with Crippen molar-refractivity contribution in [3.05, 3.63) is 72.7 Å². The van der Waals surface area contributed by atoms with Crippen molar-refractivity contribution in [1.29, 1.82) is 0 Å². The summed E-state index contributed by atoms with van der Waals surface area (Å²) in [6.07, 6.45) is 3.06. The van der Waals surface area contributed by atoms with E-state index in [0.29, 0.717) is 40.1 Å². The summed E-state index contributed by atoms with van der Waals surface area (Å²) in [7, 11) is 1.47. The number of anilines is 1. The molecule has 218 valence electrons. The number of aromatic nitrogens is 1. The molecule has 1 aromatic heterocycles. The van der Waals surface area contributed by atoms with Crippen LogP contribution in [0.4, 0.5) is 11.4 Å². The molecule has 3 amide bonds. The number of carbonyl (C=O) groups is 3. The minimum Gasteiger partial charge on any atom is -0.493 e. The van der Waals surface area contributed by atoms with Gasteiger partial charge in [0.2, 0.25) is 11.8 Å². The van der Waals surface area contributed by atoms with E-state index < -0.39 is 33.8 Å². The number of ether oxygens (including phenoxy) is 2. The Labute approximate surface area is 247 Å². The summed E-state index contributed by atoms with van der Waals surface area (Å²) >= 11 is 2.12.